The molecule has 0 fully saturated rings. The summed E-state index contributed by atoms with van der Waals surface area (Å²) in [6.07, 6.45) is 7.76. The molecule has 112 valence electrons. The van der Waals surface area contributed by atoms with Gasteiger partial charge in [-0.3, -0.25) is 14.6 Å². The zero-order valence-corrected chi connectivity index (χ0v) is 12.3. The summed E-state index contributed by atoms with van der Waals surface area (Å²) < 4.78 is 4.16. The van der Waals surface area contributed by atoms with Crippen LogP contribution in [0.2, 0.25) is 0 Å². The van der Waals surface area contributed by atoms with Crippen molar-refractivity contribution in [2.24, 2.45) is 0 Å². The Morgan fingerprint density at radius 2 is 2.00 bits per heavy atom. The highest BCUT2D eigenvalue weighted by Gasteiger charge is 2.19. The van der Waals surface area contributed by atoms with E-state index < -0.39 is 0 Å². The molecule has 0 aromatic carbocycles. The molecule has 0 saturated heterocycles. The largest absolute Gasteiger partial charge is 0.332 e. The number of imidazole rings is 1. The Hall–Kier alpha value is -2.47. The maximum Gasteiger partial charge on any atom is 0.123 e. The van der Waals surface area contributed by atoms with E-state index in [1.807, 2.05) is 35.3 Å². The first kappa shape index (κ1) is 13.2. The molecule has 0 unspecified atom stereocenters. The first-order chi connectivity index (χ1) is 10.9. The van der Waals surface area contributed by atoms with Crippen molar-refractivity contribution in [1.82, 2.24) is 29.2 Å². The summed E-state index contributed by atoms with van der Waals surface area (Å²) in [6.45, 7) is 4.49. The van der Waals surface area contributed by atoms with Crippen molar-refractivity contribution in [3.05, 3.63) is 66.3 Å². The van der Waals surface area contributed by atoms with Gasteiger partial charge < -0.3 is 4.57 Å². The smallest absolute Gasteiger partial charge is 0.123 e. The molecule has 0 spiro atoms. The molecule has 0 amide bonds. The first-order valence-electron chi connectivity index (χ1n) is 7.51. The van der Waals surface area contributed by atoms with Crippen LogP contribution >= 0.6 is 0 Å². The Morgan fingerprint density at radius 1 is 1.00 bits per heavy atom. The van der Waals surface area contributed by atoms with Gasteiger partial charge in [-0.15, -0.1) is 0 Å². The SMILES string of the molecule is c1ccc(CN2CCn3cc(Cn4cccn4)nc3C2)nc1. The molecular formula is C16H18N6. The third-order valence-corrected chi connectivity index (χ3v) is 3.93. The van der Waals surface area contributed by atoms with Crippen LogP contribution in [-0.2, 0) is 26.2 Å². The van der Waals surface area contributed by atoms with Crippen molar-refractivity contribution in [2.75, 3.05) is 6.54 Å². The lowest BCUT2D eigenvalue weighted by molar-refractivity contribution is 0.206. The van der Waals surface area contributed by atoms with Crippen LogP contribution in [0.25, 0.3) is 0 Å². The first-order valence-corrected chi connectivity index (χ1v) is 7.51. The molecule has 0 atom stereocenters. The number of rotatable bonds is 4. The van der Waals surface area contributed by atoms with Crippen molar-refractivity contribution in [1.29, 1.82) is 0 Å². The van der Waals surface area contributed by atoms with Crippen LogP contribution in [0.5, 0.6) is 0 Å². The molecule has 3 aromatic rings. The van der Waals surface area contributed by atoms with Crippen molar-refractivity contribution in [2.45, 2.75) is 26.2 Å². The number of hydrogen-bond donors (Lipinski definition) is 0. The Kier molecular flexibility index (Phi) is 3.44. The van der Waals surface area contributed by atoms with E-state index in [1.165, 1.54) is 0 Å². The van der Waals surface area contributed by atoms with Crippen LogP contribution in [0.3, 0.4) is 0 Å². The lowest BCUT2D eigenvalue weighted by Gasteiger charge is -2.27. The molecule has 0 aliphatic carbocycles. The van der Waals surface area contributed by atoms with Gasteiger partial charge in [0.15, 0.2) is 0 Å². The molecule has 0 saturated carbocycles. The summed E-state index contributed by atoms with van der Waals surface area (Å²) in [5.74, 6) is 1.13. The van der Waals surface area contributed by atoms with Crippen LogP contribution in [0.15, 0.2) is 49.1 Å². The Balaban J connectivity index is 1.45. The highest BCUT2D eigenvalue weighted by atomic mass is 15.3. The monoisotopic (exact) mass is 294 g/mol. The van der Waals surface area contributed by atoms with Gasteiger partial charge in [-0.25, -0.2) is 4.98 Å². The van der Waals surface area contributed by atoms with E-state index >= 15 is 0 Å². The number of aromatic nitrogens is 5. The summed E-state index contributed by atoms with van der Waals surface area (Å²) >= 11 is 0. The van der Waals surface area contributed by atoms with Gasteiger partial charge in [0.25, 0.3) is 0 Å². The van der Waals surface area contributed by atoms with Gasteiger partial charge >= 0.3 is 0 Å². The lowest BCUT2D eigenvalue weighted by atomic mass is 10.3. The second-order valence-electron chi connectivity index (χ2n) is 5.58. The minimum Gasteiger partial charge on any atom is -0.332 e. The van der Waals surface area contributed by atoms with Crippen molar-refractivity contribution < 1.29 is 0 Å². The van der Waals surface area contributed by atoms with Crippen molar-refractivity contribution in [3.8, 4) is 0 Å². The summed E-state index contributed by atoms with van der Waals surface area (Å²) in [5.41, 5.74) is 2.18. The van der Waals surface area contributed by atoms with Crippen LogP contribution in [0.4, 0.5) is 0 Å². The van der Waals surface area contributed by atoms with E-state index in [0.29, 0.717) is 0 Å². The van der Waals surface area contributed by atoms with E-state index in [4.69, 9.17) is 4.98 Å². The summed E-state index contributed by atoms with van der Waals surface area (Å²) in [7, 11) is 0. The van der Waals surface area contributed by atoms with Crippen LogP contribution in [0, 0.1) is 0 Å². The molecular weight excluding hydrogens is 276 g/mol. The van der Waals surface area contributed by atoms with Gasteiger partial charge in [0, 0.05) is 44.4 Å². The number of pyridine rings is 1. The molecule has 22 heavy (non-hydrogen) atoms. The van der Waals surface area contributed by atoms with E-state index in [2.05, 4.69) is 31.8 Å². The Labute approximate surface area is 129 Å². The van der Waals surface area contributed by atoms with Crippen LogP contribution in [0.1, 0.15) is 17.2 Å². The van der Waals surface area contributed by atoms with Crippen molar-refractivity contribution >= 4 is 0 Å². The van der Waals surface area contributed by atoms with E-state index in [1.54, 1.807) is 6.20 Å². The zero-order valence-electron chi connectivity index (χ0n) is 12.3. The highest BCUT2D eigenvalue weighted by molar-refractivity contribution is 5.08. The predicted molar refractivity (Wildman–Crippen MR) is 81.9 cm³/mol. The molecule has 1 aliphatic rings. The standard InChI is InChI=1S/C16H18N6/c1-2-5-17-14(4-1)10-20-8-9-21-11-15(19-16(21)13-20)12-22-7-3-6-18-22/h1-7,11H,8-10,12-13H2. The maximum absolute atomic E-state index is 4.76. The van der Waals surface area contributed by atoms with Crippen LogP contribution < -0.4 is 0 Å². The van der Waals surface area contributed by atoms with Crippen LogP contribution in [-0.4, -0.2) is 35.8 Å². The minimum absolute atomic E-state index is 0.729. The predicted octanol–water partition coefficient (Wildman–Crippen LogP) is 1.54. The summed E-state index contributed by atoms with van der Waals surface area (Å²) in [5, 5.41) is 4.24. The molecule has 0 radical (unpaired) electrons. The molecule has 4 heterocycles. The fourth-order valence-electron chi connectivity index (χ4n) is 2.85. The molecule has 3 aromatic heterocycles. The zero-order chi connectivity index (χ0) is 14.8. The van der Waals surface area contributed by atoms with E-state index in [9.17, 15) is 0 Å². The fraction of sp³-hybridized carbons (Fsp3) is 0.312. The average molecular weight is 294 g/mol. The molecule has 6 nitrogen and oxygen atoms in total. The Bertz CT molecular complexity index is 731. The fourth-order valence-corrected chi connectivity index (χ4v) is 2.85. The Morgan fingerprint density at radius 3 is 2.82 bits per heavy atom. The van der Waals surface area contributed by atoms with Gasteiger partial charge in [0.1, 0.15) is 5.82 Å². The molecule has 0 N–H and O–H groups in total. The number of nitrogens with zero attached hydrogens (tertiary/aromatic N) is 6. The normalized spacial score (nSPS) is 14.9. The quantitative estimate of drug-likeness (QED) is 0.732. The minimum atomic E-state index is 0.729. The maximum atomic E-state index is 4.76. The van der Waals surface area contributed by atoms with Gasteiger partial charge in [-0.1, -0.05) is 6.07 Å². The van der Waals surface area contributed by atoms with Gasteiger partial charge in [0.2, 0.25) is 0 Å². The second kappa shape index (κ2) is 5.73. The average Bonchev–Trinajstić information content (AvgIpc) is 3.17. The number of hydrogen-bond acceptors (Lipinski definition) is 4. The van der Waals surface area contributed by atoms with Gasteiger partial charge in [-0.05, 0) is 18.2 Å². The van der Waals surface area contributed by atoms with E-state index in [-0.39, 0.29) is 0 Å². The highest BCUT2D eigenvalue weighted by Crippen LogP contribution is 2.15. The van der Waals surface area contributed by atoms with Gasteiger partial charge in [-0.2, -0.15) is 5.10 Å². The third-order valence-electron chi connectivity index (χ3n) is 3.93. The lowest BCUT2D eigenvalue weighted by Crippen LogP contribution is -2.33. The molecule has 6 heteroatoms. The molecule has 1 aliphatic heterocycles. The third kappa shape index (κ3) is 2.78. The second-order valence-corrected chi connectivity index (χ2v) is 5.58. The summed E-state index contributed by atoms with van der Waals surface area (Å²) in [6, 6.07) is 8.00. The topological polar surface area (TPSA) is 51.8 Å². The van der Waals surface area contributed by atoms with E-state index in [0.717, 1.165) is 49.9 Å². The molecule has 4 rings (SSSR count). The van der Waals surface area contributed by atoms with Gasteiger partial charge in [0.05, 0.1) is 24.5 Å². The summed E-state index contributed by atoms with van der Waals surface area (Å²) in [4.78, 5) is 11.6. The van der Waals surface area contributed by atoms with Crippen molar-refractivity contribution in [3.63, 3.8) is 0 Å². The molecule has 0 bridgehead atoms. The number of fused-ring (bicyclic) bond motifs is 1.